The molecule has 2 aromatic rings. The van der Waals surface area contributed by atoms with Gasteiger partial charge in [0.25, 0.3) is 0 Å². The van der Waals surface area contributed by atoms with E-state index in [2.05, 4.69) is 31.3 Å². The van der Waals surface area contributed by atoms with Crippen molar-refractivity contribution < 1.29 is 24.0 Å². The summed E-state index contributed by atoms with van der Waals surface area (Å²) < 4.78 is 0. The summed E-state index contributed by atoms with van der Waals surface area (Å²) in [5.74, 6) is -3.33. The van der Waals surface area contributed by atoms with Gasteiger partial charge in [-0.05, 0) is 54.9 Å². The Morgan fingerprint density at radius 1 is 0.755 bits per heavy atom. The number of guanidine groups is 2. The molecule has 14 N–H and O–H groups in total. The van der Waals surface area contributed by atoms with Gasteiger partial charge in [0.1, 0.15) is 24.2 Å². The highest BCUT2D eigenvalue weighted by Crippen LogP contribution is 2.17. The van der Waals surface area contributed by atoms with Gasteiger partial charge in [0.2, 0.25) is 29.5 Å². The monoisotopic (exact) mass is 677 g/mol. The lowest BCUT2D eigenvalue weighted by atomic mass is 9.99. The van der Waals surface area contributed by atoms with Gasteiger partial charge < -0.3 is 49.9 Å². The maximum atomic E-state index is 13.9. The Labute approximate surface area is 284 Å². The van der Waals surface area contributed by atoms with Crippen LogP contribution in [0.2, 0.25) is 0 Å². The minimum Gasteiger partial charge on any atom is -0.370 e. The maximum absolute atomic E-state index is 13.9. The molecule has 49 heavy (non-hydrogen) atoms. The fourth-order valence-electron chi connectivity index (χ4n) is 5.27. The largest absolute Gasteiger partial charge is 0.370 e. The number of nitrogens with one attached hydrogen (secondary N) is 4. The van der Waals surface area contributed by atoms with E-state index in [1.54, 1.807) is 6.08 Å². The molecule has 2 aromatic carbocycles. The zero-order valence-electron chi connectivity index (χ0n) is 27.4. The topological polar surface area (TPSA) is 288 Å². The highest BCUT2D eigenvalue weighted by atomic mass is 16.2. The van der Waals surface area contributed by atoms with Gasteiger partial charge in [0.15, 0.2) is 11.9 Å². The van der Waals surface area contributed by atoms with Crippen LogP contribution in [0.3, 0.4) is 0 Å². The van der Waals surface area contributed by atoms with Gasteiger partial charge in [-0.15, -0.1) is 0 Å². The summed E-state index contributed by atoms with van der Waals surface area (Å²) >= 11 is 0. The Hall–Kier alpha value is -5.67. The molecule has 0 aromatic heterocycles. The standard InChI is InChI=1S/C33H47N11O5/c34-28(46)23-10-3-1-2-4-11-24(41-27(45)15-17-40-33(37)38)29(47)43-25(12-7-16-39-32(35)36)30(48)44-26(31(49)42-23)19-20-13-14-21-8-5-6-9-22(21)18-20/h1-2,5-6,8-9,13-14,18,23-26H,3-4,7,10-12,15-17,19H2,(H2,34,46)(H,41,45)(H,42,49)(H,43,47)(H,44,48)(H4,35,36,39)(H4,37,38,40)/b2-1+/t23-,24+,25+,26+/m1/s1. The Morgan fingerprint density at radius 3 is 2.08 bits per heavy atom. The molecule has 16 nitrogen and oxygen atoms in total. The highest BCUT2D eigenvalue weighted by molar-refractivity contribution is 5.95. The zero-order valence-corrected chi connectivity index (χ0v) is 27.4. The van der Waals surface area contributed by atoms with Crippen molar-refractivity contribution in [2.75, 3.05) is 13.1 Å². The van der Waals surface area contributed by atoms with Crippen LogP contribution in [-0.4, -0.2) is 78.7 Å². The summed E-state index contributed by atoms with van der Waals surface area (Å²) in [4.78, 5) is 73.9. The van der Waals surface area contributed by atoms with E-state index < -0.39 is 53.7 Å². The summed E-state index contributed by atoms with van der Waals surface area (Å²) in [6.07, 6.45) is 5.24. The molecule has 0 bridgehead atoms. The average molecular weight is 678 g/mol. The second kappa shape index (κ2) is 19.2. The molecule has 0 unspecified atom stereocenters. The van der Waals surface area contributed by atoms with Gasteiger partial charge in [0, 0.05) is 19.4 Å². The fourth-order valence-corrected chi connectivity index (χ4v) is 5.27. The number of nitrogens with zero attached hydrogens (tertiary/aromatic N) is 2. The first kappa shape index (κ1) is 37.8. The van der Waals surface area contributed by atoms with E-state index in [1.807, 2.05) is 48.5 Å². The molecule has 0 fully saturated rings. The molecule has 0 saturated carbocycles. The maximum Gasteiger partial charge on any atom is 0.243 e. The van der Waals surface area contributed by atoms with E-state index in [1.165, 1.54) is 0 Å². The van der Waals surface area contributed by atoms with E-state index in [0.29, 0.717) is 19.3 Å². The summed E-state index contributed by atoms with van der Waals surface area (Å²) in [6, 6.07) is 9.12. The smallest absolute Gasteiger partial charge is 0.243 e. The number of rotatable bonds is 11. The van der Waals surface area contributed by atoms with Crippen molar-refractivity contribution >= 4 is 52.2 Å². The number of benzene rings is 2. The lowest BCUT2D eigenvalue weighted by Gasteiger charge is -2.26. The Bertz CT molecular complexity index is 1570. The van der Waals surface area contributed by atoms with Crippen molar-refractivity contribution in [1.82, 2.24) is 21.3 Å². The summed E-state index contributed by atoms with van der Waals surface area (Å²) in [7, 11) is 0. The number of carbonyl (C=O) groups is 5. The van der Waals surface area contributed by atoms with E-state index in [4.69, 9.17) is 28.7 Å². The third-order valence-corrected chi connectivity index (χ3v) is 7.82. The molecule has 3 rings (SSSR count). The van der Waals surface area contributed by atoms with Crippen molar-refractivity contribution in [3.05, 3.63) is 60.2 Å². The second-order valence-electron chi connectivity index (χ2n) is 11.7. The first-order valence-electron chi connectivity index (χ1n) is 16.2. The normalized spacial score (nSPS) is 21.3. The first-order chi connectivity index (χ1) is 23.4. The van der Waals surface area contributed by atoms with Crippen LogP contribution in [0.1, 0.15) is 50.5 Å². The van der Waals surface area contributed by atoms with Crippen LogP contribution in [0.5, 0.6) is 0 Å². The van der Waals surface area contributed by atoms with Crippen LogP contribution in [0.4, 0.5) is 0 Å². The fraction of sp³-hybridized carbons (Fsp3) is 0.424. The number of primary amides is 1. The molecular weight excluding hydrogens is 630 g/mol. The van der Waals surface area contributed by atoms with Crippen molar-refractivity contribution in [1.29, 1.82) is 0 Å². The third-order valence-electron chi connectivity index (χ3n) is 7.82. The molecule has 0 saturated heterocycles. The van der Waals surface area contributed by atoms with Crippen molar-refractivity contribution in [3.63, 3.8) is 0 Å². The molecule has 1 heterocycles. The minimum atomic E-state index is -1.14. The number of fused-ring (bicyclic) bond motifs is 1. The van der Waals surface area contributed by atoms with Crippen LogP contribution in [0.15, 0.2) is 64.6 Å². The number of nitrogens with two attached hydrogens (primary N) is 5. The van der Waals surface area contributed by atoms with Crippen LogP contribution in [-0.2, 0) is 30.4 Å². The Morgan fingerprint density at radius 2 is 1.39 bits per heavy atom. The lowest BCUT2D eigenvalue weighted by molar-refractivity contribution is -0.134. The quantitative estimate of drug-likeness (QED) is 0.0587. The number of hydrogen-bond donors (Lipinski definition) is 9. The van der Waals surface area contributed by atoms with Crippen LogP contribution >= 0.6 is 0 Å². The summed E-state index contributed by atoms with van der Waals surface area (Å²) in [5.41, 5.74) is 28.0. The van der Waals surface area contributed by atoms with Gasteiger partial charge in [-0.1, -0.05) is 54.6 Å². The summed E-state index contributed by atoms with van der Waals surface area (Å²) in [5, 5.41) is 12.9. The first-order valence-corrected chi connectivity index (χ1v) is 16.2. The SMILES string of the molecule is NC(=O)[C@H]1CC/C=C/CC[C@H](NC(=O)CCN=C(N)N)C(=O)N[C@@H](CCCN=C(N)N)C(=O)N[C@@H](Cc2ccc3ccccc3c2)C(=O)N1. The van der Waals surface area contributed by atoms with Crippen molar-refractivity contribution in [3.8, 4) is 0 Å². The number of carbonyl (C=O) groups excluding carboxylic acids is 5. The molecule has 1 aliphatic rings. The van der Waals surface area contributed by atoms with Gasteiger partial charge in [0.05, 0.1) is 6.54 Å². The van der Waals surface area contributed by atoms with Gasteiger partial charge in [-0.3, -0.25) is 34.0 Å². The van der Waals surface area contributed by atoms with Gasteiger partial charge in [-0.2, -0.15) is 0 Å². The molecule has 5 amide bonds. The molecule has 0 aliphatic carbocycles. The Balaban J connectivity index is 1.94. The average Bonchev–Trinajstić information content (AvgIpc) is 3.05. The van der Waals surface area contributed by atoms with Gasteiger partial charge in [-0.25, -0.2) is 0 Å². The van der Waals surface area contributed by atoms with Crippen LogP contribution in [0.25, 0.3) is 10.8 Å². The molecule has 4 atom stereocenters. The Kier molecular flexibility index (Phi) is 14.8. The van der Waals surface area contributed by atoms with Crippen molar-refractivity contribution in [2.24, 2.45) is 38.7 Å². The number of allylic oxidation sites excluding steroid dienone is 2. The van der Waals surface area contributed by atoms with Crippen molar-refractivity contribution in [2.45, 2.75) is 75.5 Å². The minimum absolute atomic E-state index is 0.0277. The predicted octanol–water partition coefficient (Wildman–Crippen LogP) is -1.35. The van der Waals surface area contributed by atoms with Crippen LogP contribution in [0, 0.1) is 0 Å². The van der Waals surface area contributed by atoms with E-state index in [-0.39, 0.29) is 57.1 Å². The van der Waals surface area contributed by atoms with E-state index in [9.17, 15) is 24.0 Å². The third kappa shape index (κ3) is 13.2. The van der Waals surface area contributed by atoms with E-state index >= 15 is 0 Å². The van der Waals surface area contributed by atoms with Crippen LogP contribution < -0.4 is 49.9 Å². The molecular formula is C33H47N11O5. The molecule has 1 aliphatic heterocycles. The molecule has 0 radical (unpaired) electrons. The number of hydrogen-bond acceptors (Lipinski definition) is 7. The zero-order chi connectivity index (χ0) is 35.8. The highest BCUT2D eigenvalue weighted by Gasteiger charge is 2.31. The van der Waals surface area contributed by atoms with Gasteiger partial charge >= 0.3 is 0 Å². The molecule has 0 spiro atoms. The predicted molar refractivity (Wildman–Crippen MR) is 187 cm³/mol. The lowest BCUT2D eigenvalue weighted by Crippen LogP contribution is -2.58. The molecule has 264 valence electrons. The molecule has 16 heteroatoms. The second-order valence-corrected chi connectivity index (χ2v) is 11.7. The number of aliphatic imine (C=N–C) groups is 2. The van der Waals surface area contributed by atoms with E-state index in [0.717, 1.165) is 16.3 Å². The summed E-state index contributed by atoms with van der Waals surface area (Å²) in [6.45, 7) is 0.207. The number of amides is 5.